The predicted molar refractivity (Wildman–Crippen MR) is 80.3 cm³/mol. The molecule has 2 aromatic rings. The van der Waals surface area contributed by atoms with Crippen LogP contribution in [-0.2, 0) is 0 Å². The molecule has 0 bridgehead atoms. The van der Waals surface area contributed by atoms with Crippen molar-refractivity contribution in [1.29, 1.82) is 0 Å². The first kappa shape index (κ1) is 13.6. The molecule has 4 nitrogen and oxygen atoms in total. The summed E-state index contributed by atoms with van der Waals surface area (Å²) < 4.78 is 0. The van der Waals surface area contributed by atoms with Crippen LogP contribution in [0.5, 0.6) is 0 Å². The maximum absolute atomic E-state index is 6.00. The summed E-state index contributed by atoms with van der Waals surface area (Å²) in [5.41, 5.74) is 2.07. The van der Waals surface area contributed by atoms with Gasteiger partial charge in [0.05, 0.1) is 0 Å². The number of nitrogens with one attached hydrogen (secondary N) is 2. The van der Waals surface area contributed by atoms with Crippen LogP contribution >= 0.6 is 11.6 Å². The topological polar surface area (TPSA) is 49.8 Å². The molecule has 2 N–H and O–H groups in total. The van der Waals surface area contributed by atoms with Crippen molar-refractivity contribution < 1.29 is 0 Å². The van der Waals surface area contributed by atoms with E-state index in [4.69, 9.17) is 11.6 Å². The van der Waals surface area contributed by atoms with E-state index in [9.17, 15) is 0 Å². The summed E-state index contributed by atoms with van der Waals surface area (Å²) in [5.74, 6) is 1.38. The third-order valence-corrected chi connectivity index (χ3v) is 2.89. The quantitative estimate of drug-likeness (QED) is 0.866. The van der Waals surface area contributed by atoms with E-state index < -0.39 is 0 Å². The molecular formula is C14H17ClN4. The number of hydrogen-bond acceptors (Lipinski definition) is 4. The van der Waals surface area contributed by atoms with Gasteiger partial charge in [-0.25, -0.2) is 4.98 Å². The fraction of sp³-hybridized carbons (Fsp3) is 0.286. The normalized spacial score (nSPS) is 10.3. The minimum absolute atomic E-state index is 0.631. The zero-order valence-corrected chi connectivity index (χ0v) is 11.8. The van der Waals surface area contributed by atoms with Crippen LogP contribution in [-0.4, -0.2) is 16.5 Å². The minimum atomic E-state index is 0.631. The molecule has 0 fully saturated rings. The largest absolute Gasteiger partial charge is 0.354 e. The van der Waals surface area contributed by atoms with Gasteiger partial charge < -0.3 is 10.6 Å². The van der Waals surface area contributed by atoms with E-state index in [0.717, 1.165) is 30.0 Å². The van der Waals surface area contributed by atoms with Gasteiger partial charge >= 0.3 is 0 Å². The number of aromatic nitrogens is 2. The molecule has 100 valence electrons. The Labute approximate surface area is 118 Å². The molecule has 0 spiro atoms. The summed E-state index contributed by atoms with van der Waals surface area (Å²) in [4.78, 5) is 8.57. The van der Waals surface area contributed by atoms with Crippen molar-refractivity contribution in [2.45, 2.75) is 20.3 Å². The lowest BCUT2D eigenvalue weighted by atomic mass is 10.2. The highest BCUT2D eigenvalue weighted by molar-refractivity contribution is 6.30. The molecule has 0 unspecified atom stereocenters. The number of hydrogen-bond donors (Lipinski definition) is 2. The molecule has 0 radical (unpaired) electrons. The van der Waals surface area contributed by atoms with Crippen LogP contribution in [0.1, 0.15) is 18.9 Å². The molecule has 2 rings (SSSR count). The van der Waals surface area contributed by atoms with Crippen LogP contribution in [0.2, 0.25) is 5.02 Å². The van der Waals surface area contributed by atoms with Crippen LogP contribution in [0.15, 0.2) is 30.5 Å². The van der Waals surface area contributed by atoms with E-state index >= 15 is 0 Å². The van der Waals surface area contributed by atoms with Gasteiger partial charge in [0.2, 0.25) is 5.95 Å². The van der Waals surface area contributed by atoms with Crippen molar-refractivity contribution in [2.24, 2.45) is 0 Å². The lowest BCUT2D eigenvalue weighted by Crippen LogP contribution is -2.05. The molecular weight excluding hydrogens is 260 g/mol. The van der Waals surface area contributed by atoms with Crippen molar-refractivity contribution in [1.82, 2.24) is 9.97 Å². The number of rotatable bonds is 5. The molecule has 0 atom stereocenters. The average molecular weight is 277 g/mol. The lowest BCUT2D eigenvalue weighted by molar-refractivity contribution is 0.953. The van der Waals surface area contributed by atoms with Gasteiger partial charge in [-0.3, -0.25) is 0 Å². The van der Waals surface area contributed by atoms with Crippen molar-refractivity contribution in [3.63, 3.8) is 0 Å². The molecule has 0 saturated heterocycles. The third-order valence-electron chi connectivity index (χ3n) is 2.65. The monoisotopic (exact) mass is 276 g/mol. The molecule has 0 saturated carbocycles. The molecule has 5 heteroatoms. The Morgan fingerprint density at radius 3 is 2.89 bits per heavy atom. The Hall–Kier alpha value is -1.81. The first-order valence-electron chi connectivity index (χ1n) is 6.29. The van der Waals surface area contributed by atoms with Crippen LogP contribution in [0, 0.1) is 6.92 Å². The summed E-state index contributed by atoms with van der Waals surface area (Å²) >= 11 is 6.00. The first-order valence-corrected chi connectivity index (χ1v) is 6.67. The Morgan fingerprint density at radius 1 is 1.26 bits per heavy atom. The number of halogens is 1. The Balaban J connectivity index is 2.16. The average Bonchev–Trinajstić information content (AvgIpc) is 2.41. The van der Waals surface area contributed by atoms with Gasteiger partial charge in [0, 0.05) is 23.5 Å². The SMILES string of the molecule is CCCNc1nccc(Nc2cc(Cl)ccc2C)n1. The molecule has 19 heavy (non-hydrogen) atoms. The van der Waals surface area contributed by atoms with Gasteiger partial charge in [0.1, 0.15) is 5.82 Å². The van der Waals surface area contributed by atoms with E-state index in [1.54, 1.807) is 6.20 Å². The number of benzene rings is 1. The highest BCUT2D eigenvalue weighted by Crippen LogP contribution is 2.23. The number of aryl methyl sites for hydroxylation is 1. The Morgan fingerprint density at radius 2 is 2.11 bits per heavy atom. The van der Waals surface area contributed by atoms with E-state index in [1.165, 1.54) is 0 Å². The predicted octanol–water partition coefficient (Wildman–Crippen LogP) is 4.00. The zero-order chi connectivity index (χ0) is 13.7. The second-order valence-corrected chi connectivity index (χ2v) is 4.71. The van der Waals surface area contributed by atoms with E-state index in [-0.39, 0.29) is 0 Å². The van der Waals surface area contributed by atoms with Gasteiger partial charge in [0.25, 0.3) is 0 Å². The smallest absolute Gasteiger partial charge is 0.224 e. The standard InChI is InChI=1S/C14H17ClN4/c1-3-7-16-14-17-8-6-13(19-14)18-12-9-11(15)5-4-10(12)2/h4-6,8-9H,3,7H2,1-2H3,(H2,16,17,18,19). The van der Waals surface area contributed by atoms with Gasteiger partial charge in [-0.1, -0.05) is 24.6 Å². The first-order chi connectivity index (χ1) is 9.19. The third kappa shape index (κ3) is 3.83. The number of anilines is 3. The maximum atomic E-state index is 6.00. The van der Waals surface area contributed by atoms with Crippen molar-refractivity contribution in [2.75, 3.05) is 17.2 Å². The molecule has 0 aliphatic rings. The summed E-state index contributed by atoms with van der Waals surface area (Å²) in [6.07, 6.45) is 2.77. The summed E-state index contributed by atoms with van der Waals surface area (Å²) in [7, 11) is 0. The molecule has 0 aliphatic carbocycles. The lowest BCUT2D eigenvalue weighted by Gasteiger charge is -2.10. The molecule has 0 aliphatic heterocycles. The van der Waals surface area contributed by atoms with Crippen molar-refractivity contribution >= 4 is 29.1 Å². The van der Waals surface area contributed by atoms with Gasteiger partial charge in [-0.05, 0) is 37.1 Å². The second-order valence-electron chi connectivity index (χ2n) is 4.28. The van der Waals surface area contributed by atoms with Crippen molar-refractivity contribution in [3.05, 3.63) is 41.0 Å². The number of nitrogens with zero attached hydrogens (tertiary/aromatic N) is 2. The summed E-state index contributed by atoms with van der Waals surface area (Å²) in [5, 5.41) is 7.11. The molecule has 1 aromatic carbocycles. The molecule has 1 heterocycles. The van der Waals surface area contributed by atoms with E-state index in [1.807, 2.05) is 31.2 Å². The van der Waals surface area contributed by atoms with Crippen LogP contribution < -0.4 is 10.6 Å². The maximum Gasteiger partial charge on any atom is 0.224 e. The van der Waals surface area contributed by atoms with Crippen LogP contribution in [0.25, 0.3) is 0 Å². The van der Waals surface area contributed by atoms with Crippen LogP contribution in [0.3, 0.4) is 0 Å². The van der Waals surface area contributed by atoms with Crippen molar-refractivity contribution in [3.8, 4) is 0 Å². The van der Waals surface area contributed by atoms with E-state index in [0.29, 0.717) is 11.0 Å². The summed E-state index contributed by atoms with van der Waals surface area (Å²) in [6.45, 7) is 4.99. The van der Waals surface area contributed by atoms with E-state index in [2.05, 4.69) is 27.5 Å². The fourth-order valence-electron chi connectivity index (χ4n) is 1.62. The van der Waals surface area contributed by atoms with Gasteiger partial charge in [0.15, 0.2) is 0 Å². The second kappa shape index (κ2) is 6.38. The van der Waals surface area contributed by atoms with Crippen LogP contribution in [0.4, 0.5) is 17.5 Å². The summed E-state index contributed by atoms with van der Waals surface area (Å²) in [6, 6.07) is 7.56. The molecule has 1 aromatic heterocycles. The minimum Gasteiger partial charge on any atom is -0.354 e. The van der Waals surface area contributed by atoms with Gasteiger partial charge in [-0.15, -0.1) is 0 Å². The highest BCUT2D eigenvalue weighted by Gasteiger charge is 2.02. The highest BCUT2D eigenvalue weighted by atomic mass is 35.5. The Kier molecular flexibility index (Phi) is 4.58. The fourth-order valence-corrected chi connectivity index (χ4v) is 1.79. The Bertz CT molecular complexity index is 557. The molecule has 0 amide bonds. The van der Waals surface area contributed by atoms with Gasteiger partial charge in [-0.2, -0.15) is 4.98 Å². The zero-order valence-electron chi connectivity index (χ0n) is 11.1.